The van der Waals surface area contributed by atoms with Gasteiger partial charge < -0.3 is 9.32 Å². The van der Waals surface area contributed by atoms with E-state index in [4.69, 9.17) is 4.42 Å². The van der Waals surface area contributed by atoms with Crippen LogP contribution in [0.4, 0.5) is 0 Å². The lowest BCUT2D eigenvalue weighted by molar-refractivity contribution is -0.134. The average molecular weight is 364 g/mol. The molecule has 0 saturated carbocycles. The summed E-state index contributed by atoms with van der Waals surface area (Å²) in [5.74, 6) is 0.320. The van der Waals surface area contributed by atoms with Crippen molar-refractivity contribution in [3.63, 3.8) is 0 Å². The molecule has 0 bridgehead atoms. The van der Waals surface area contributed by atoms with E-state index >= 15 is 0 Å². The fourth-order valence-corrected chi connectivity index (χ4v) is 4.09. The van der Waals surface area contributed by atoms with E-state index in [1.165, 1.54) is 0 Å². The fraction of sp³-hybridized carbons (Fsp3) is 0.364. The van der Waals surface area contributed by atoms with Gasteiger partial charge in [0.1, 0.15) is 5.58 Å². The second-order valence-electron chi connectivity index (χ2n) is 7.53. The number of hydrogen-bond acceptors (Lipinski definition) is 4. The lowest BCUT2D eigenvalue weighted by Crippen LogP contribution is -2.39. The van der Waals surface area contributed by atoms with E-state index in [0.717, 1.165) is 47.7 Å². The van der Waals surface area contributed by atoms with E-state index in [1.54, 1.807) is 11.0 Å². The van der Waals surface area contributed by atoms with Gasteiger partial charge in [-0.1, -0.05) is 30.3 Å². The minimum Gasteiger partial charge on any atom is -0.423 e. The van der Waals surface area contributed by atoms with Crippen LogP contribution in [0.2, 0.25) is 0 Å². The maximum absolute atomic E-state index is 12.2. The van der Waals surface area contributed by atoms with E-state index in [1.807, 2.05) is 38.4 Å². The molecule has 5 heteroatoms. The molecule has 0 aliphatic carbocycles. The number of carbonyl (C=O) groups excluding carboxylic acids is 1. The molecule has 1 saturated heterocycles. The molecule has 27 heavy (non-hydrogen) atoms. The molecule has 3 aromatic rings. The van der Waals surface area contributed by atoms with E-state index in [2.05, 4.69) is 17.0 Å². The summed E-state index contributed by atoms with van der Waals surface area (Å²) in [7, 11) is 3.63. The standard InChI is InChI=1S/C22H24N2O3/c1-23(2)22(26)16-9-11-24(12-10-16)14-17-13-20(25)27-19-8-7-15-5-3-4-6-18(15)21(17)19/h3-8,13,16H,9-12,14H2,1-2H3. The molecule has 0 N–H and O–H groups in total. The monoisotopic (exact) mass is 364 g/mol. The summed E-state index contributed by atoms with van der Waals surface area (Å²) in [6, 6.07) is 13.7. The van der Waals surface area contributed by atoms with Gasteiger partial charge in [-0.3, -0.25) is 9.69 Å². The van der Waals surface area contributed by atoms with Gasteiger partial charge in [0.2, 0.25) is 5.91 Å². The Morgan fingerprint density at radius 3 is 2.63 bits per heavy atom. The lowest BCUT2D eigenvalue weighted by Gasteiger charge is -2.32. The predicted molar refractivity (Wildman–Crippen MR) is 107 cm³/mol. The largest absolute Gasteiger partial charge is 0.423 e. The van der Waals surface area contributed by atoms with Crippen molar-refractivity contribution < 1.29 is 9.21 Å². The second kappa shape index (κ2) is 7.16. The first-order chi connectivity index (χ1) is 13.0. The van der Waals surface area contributed by atoms with Crippen LogP contribution in [-0.2, 0) is 11.3 Å². The van der Waals surface area contributed by atoms with Gasteiger partial charge in [0.25, 0.3) is 0 Å². The molecule has 1 fully saturated rings. The summed E-state index contributed by atoms with van der Waals surface area (Å²) in [5, 5.41) is 3.25. The van der Waals surface area contributed by atoms with E-state index < -0.39 is 0 Å². The van der Waals surface area contributed by atoms with Gasteiger partial charge in [-0.2, -0.15) is 0 Å². The highest BCUT2D eigenvalue weighted by molar-refractivity contribution is 6.07. The van der Waals surface area contributed by atoms with Crippen LogP contribution in [0, 0.1) is 5.92 Å². The maximum Gasteiger partial charge on any atom is 0.336 e. The number of hydrogen-bond donors (Lipinski definition) is 0. The maximum atomic E-state index is 12.2. The fourth-order valence-electron chi connectivity index (χ4n) is 4.09. The molecule has 0 unspecified atom stereocenters. The van der Waals surface area contributed by atoms with Crippen LogP contribution < -0.4 is 5.63 Å². The highest BCUT2D eigenvalue weighted by Gasteiger charge is 2.26. The van der Waals surface area contributed by atoms with Gasteiger partial charge in [0.05, 0.1) is 0 Å². The Morgan fingerprint density at radius 1 is 1.15 bits per heavy atom. The molecule has 1 aliphatic rings. The van der Waals surface area contributed by atoms with Crippen molar-refractivity contribution in [3.05, 3.63) is 58.4 Å². The molecule has 2 aromatic carbocycles. The van der Waals surface area contributed by atoms with Gasteiger partial charge in [0.15, 0.2) is 0 Å². The van der Waals surface area contributed by atoms with Gasteiger partial charge in [-0.05, 0) is 48.3 Å². The molecule has 140 valence electrons. The Labute approximate surface area is 158 Å². The molecule has 1 amide bonds. The van der Waals surface area contributed by atoms with Crippen molar-refractivity contribution in [1.29, 1.82) is 0 Å². The summed E-state index contributed by atoms with van der Waals surface area (Å²) in [5.41, 5.74) is 1.31. The van der Waals surface area contributed by atoms with Gasteiger partial charge in [-0.15, -0.1) is 0 Å². The molecule has 1 aromatic heterocycles. The van der Waals surface area contributed by atoms with Crippen molar-refractivity contribution in [2.75, 3.05) is 27.2 Å². The third-order valence-corrected chi connectivity index (χ3v) is 5.49. The highest BCUT2D eigenvalue weighted by Crippen LogP contribution is 2.29. The second-order valence-corrected chi connectivity index (χ2v) is 7.53. The Balaban J connectivity index is 1.64. The van der Waals surface area contributed by atoms with Crippen molar-refractivity contribution in [3.8, 4) is 0 Å². The summed E-state index contributed by atoms with van der Waals surface area (Å²) < 4.78 is 5.45. The zero-order chi connectivity index (χ0) is 19.0. The first-order valence-electron chi connectivity index (χ1n) is 9.41. The number of fused-ring (bicyclic) bond motifs is 3. The minimum absolute atomic E-state index is 0.106. The van der Waals surface area contributed by atoms with E-state index in [-0.39, 0.29) is 17.5 Å². The van der Waals surface area contributed by atoms with Crippen molar-refractivity contribution in [1.82, 2.24) is 9.80 Å². The molecule has 2 heterocycles. The summed E-state index contributed by atoms with van der Waals surface area (Å²) in [6.45, 7) is 2.41. The number of nitrogens with zero attached hydrogens (tertiary/aromatic N) is 2. The van der Waals surface area contributed by atoms with Crippen LogP contribution in [-0.4, -0.2) is 42.9 Å². The summed E-state index contributed by atoms with van der Waals surface area (Å²) >= 11 is 0. The molecule has 5 nitrogen and oxygen atoms in total. The van der Waals surface area contributed by atoms with Crippen molar-refractivity contribution >= 4 is 27.6 Å². The topological polar surface area (TPSA) is 53.8 Å². The normalized spacial score (nSPS) is 16.1. The third-order valence-electron chi connectivity index (χ3n) is 5.49. The smallest absolute Gasteiger partial charge is 0.336 e. The first-order valence-corrected chi connectivity index (χ1v) is 9.41. The van der Waals surface area contributed by atoms with E-state index in [0.29, 0.717) is 12.1 Å². The Kier molecular flexibility index (Phi) is 4.70. The first kappa shape index (κ1) is 17.7. The molecular formula is C22H24N2O3. The molecule has 4 rings (SSSR count). The predicted octanol–water partition coefficient (Wildman–Crippen LogP) is 3.25. The number of likely N-dealkylation sites (tertiary alicyclic amines) is 1. The molecule has 0 spiro atoms. The number of benzene rings is 2. The van der Waals surface area contributed by atoms with Crippen LogP contribution >= 0.6 is 0 Å². The van der Waals surface area contributed by atoms with Crippen LogP contribution in [0.3, 0.4) is 0 Å². The zero-order valence-corrected chi connectivity index (χ0v) is 15.8. The van der Waals surface area contributed by atoms with Gasteiger partial charge in [-0.25, -0.2) is 4.79 Å². The quantitative estimate of drug-likeness (QED) is 0.529. The SMILES string of the molecule is CN(C)C(=O)C1CCN(Cc2cc(=O)oc3ccc4ccccc4c23)CC1. The van der Waals surface area contributed by atoms with E-state index in [9.17, 15) is 9.59 Å². The number of amides is 1. The minimum atomic E-state index is -0.314. The third kappa shape index (κ3) is 3.47. The Hall–Kier alpha value is -2.66. The lowest BCUT2D eigenvalue weighted by atomic mass is 9.94. The van der Waals surface area contributed by atoms with Crippen LogP contribution in [0.5, 0.6) is 0 Å². The molecule has 0 atom stereocenters. The number of piperidine rings is 1. The Bertz CT molecular complexity index is 1050. The zero-order valence-electron chi connectivity index (χ0n) is 15.8. The molecule has 1 aliphatic heterocycles. The van der Waals surface area contributed by atoms with Crippen LogP contribution in [0.25, 0.3) is 21.7 Å². The average Bonchev–Trinajstić information content (AvgIpc) is 2.67. The highest BCUT2D eigenvalue weighted by atomic mass is 16.4. The van der Waals surface area contributed by atoms with Crippen molar-refractivity contribution in [2.24, 2.45) is 5.92 Å². The van der Waals surface area contributed by atoms with Crippen LogP contribution in [0.1, 0.15) is 18.4 Å². The molecular weight excluding hydrogens is 340 g/mol. The van der Waals surface area contributed by atoms with Gasteiger partial charge in [0, 0.05) is 38.0 Å². The van der Waals surface area contributed by atoms with Gasteiger partial charge >= 0.3 is 5.63 Å². The summed E-state index contributed by atoms with van der Waals surface area (Å²) in [6.07, 6.45) is 1.72. The number of rotatable bonds is 3. The van der Waals surface area contributed by atoms with Crippen molar-refractivity contribution in [2.45, 2.75) is 19.4 Å². The Morgan fingerprint density at radius 2 is 1.89 bits per heavy atom. The summed E-state index contributed by atoms with van der Waals surface area (Å²) in [4.78, 5) is 28.3. The molecule has 0 radical (unpaired) electrons. The van der Waals surface area contributed by atoms with Crippen LogP contribution in [0.15, 0.2) is 51.7 Å². The number of carbonyl (C=O) groups is 1.